The number of thiocarbonyl (C=S) groups is 1. The highest BCUT2D eigenvalue weighted by atomic mass is 35.5. The van der Waals surface area contributed by atoms with Gasteiger partial charge in [0.2, 0.25) is 0 Å². The van der Waals surface area contributed by atoms with Crippen molar-refractivity contribution in [1.29, 1.82) is 0 Å². The maximum Gasteiger partial charge on any atom is 0.341 e. The normalized spacial score (nSPS) is 15.4. The zero-order valence-corrected chi connectivity index (χ0v) is 20.2. The van der Waals surface area contributed by atoms with Crippen molar-refractivity contribution in [2.75, 3.05) is 11.9 Å². The van der Waals surface area contributed by atoms with Gasteiger partial charge in [-0.05, 0) is 56.0 Å². The van der Waals surface area contributed by atoms with Crippen LogP contribution in [0.25, 0.3) is 10.1 Å². The summed E-state index contributed by atoms with van der Waals surface area (Å²) in [5.41, 5.74) is 1.57. The molecule has 0 saturated carbocycles. The second kappa shape index (κ2) is 9.24. The van der Waals surface area contributed by atoms with Gasteiger partial charge in [0, 0.05) is 15.0 Å². The molecule has 2 N–H and O–H groups in total. The smallest absolute Gasteiger partial charge is 0.341 e. The molecule has 1 atom stereocenters. The minimum absolute atomic E-state index is 0.121. The number of nitrogens with one attached hydrogen (secondary N) is 2. The number of halogens is 1. The summed E-state index contributed by atoms with van der Waals surface area (Å²) in [6.07, 6.45) is 2.78. The molecule has 31 heavy (non-hydrogen) atoms. The van der Waals surface area contributed by atoms with Gasteiger partial charge in [0.1, 0.15) is 9.88 Å². The summed E-state index contributed by atoms with van der Waals surface area (Å²) in [6, 6.07) is 7.58. The molecule has 162 valence electrons. The lowest BCUT2D eigenvalue weighted by Gasteiger charge is -2.18. The van der Waals surface area contributed by atoms with Crippen LogP contribution >= 0.6 is 46.5 Å². The van der Waals surface area contributed by atoms with E-state index in [1.165, 1.54) is 27.6 Å². The number of hydrogen-bond acceptors (Lipinski definition) is 6. The van der Waals surface area contributed by atoms with Gasteiger partial charge in [0.25, 0.3) is 5.91 Å². The molecule has 0 bridgehead atoms. The van der Waals surface area contributed by atoms with Crippen LogP contribution in [0.3, 0.4) is 0 Å². The van der Waals surface area contributed by atoms with E-state index in [2.05, 4.69) is 17.6 Å². The van der Waals surface area contributed by atoms with E-state index in [4.69, 9.17) is 28.6 Å². The van der Waals surface area contributed by atoms with Crippen molar-refractivity contribution in [3.63, 3.8) is 0 Å². The number of thiophene rings is 2. The van der Waals surface area contributed by atoms with Gasteiger partial charge in [-0.1, -0.05) is 36.7 Å². The first-order chi connectivity index (χ1) is 14.9. The fraction of sp³-hybridized carbons (Fsp3) is 0.318. The van der Waals surface area contributed by atoms with Gasteiger partial charge in [0.05, 0.1) is 17.2 Å². The Bertz CT molecular complexity index is 1180. The number of hydrogen-bond donors (Lipinski definition) is 2. The lowest BCUT2D eigenvalue weighted by molar-refractivity contribution is 0.0526. The molecule has 2 heterocycles. The standard InChI is InChI=1S/C22H21ClN2O3S3/c1-3-28-21(27)16-12-9-8-11(2)10-15(12)31-20(16)25-22(29)24-19(26)18-17(23)13-6-4-5-7-14(13)30-18/h4-7,11H,3,8-10H2,1-2H3,(H2,24,25,26,29)/t11-/m0/s1. The fourth-order valence-corrected chi connectivity index (χ4v) is 6.79. The number of fused-ring (bicyclic) bond motifs is 2. The Balaban J connectivity index is 1.56. The third-order valence-electron chi connectivity index (χ3n) is 5.19. The lowest BCUT2D eigenvalue weighted by Crippen LogP contribution is -2.34. The molecule has 1 aromatic carbocycles. The van der Waals surface area contributed by atoms with Crippen LogP contribution in [0.1, 0.15) is 50.7 Å². The maximum atomic E-state index is 12.8. The summed E-state index contributed by atoms with van der Waals surface area (Å²) in [6.45, 7) is 4.29. The minimum Gasteiger partial charge on any atom is -0.462 e. The SMILES string of the molecule is CCOC(=O)c1c(NC(=S)NC(=O)c2sc3ccccc3c2Cl)sc2c1CC[C@H](C)C2. The lowest BCUT2D eigenvalue weighted by atomic mass is 9.88. The Morgan fingerprint density at radius 1 is 1.29 bits per heavy atom. The Labute approximate surface area is 198 Å². The van der Waals surface area contributed by atoms with Crippen molar-refractivity contribution in [2.24, 2.45) is 5.92 Å². The van der Waals surface area contributed by atoms with E-state index in [0.29, 0.717) is 33.0 Å². The van der Waals surface area contributed by atoms with Crippen molar-refractivity contribution < 1.29 is 14.3 Å². The highest BCUT2D eigenvalue weighted by Crippen LogP contribution is 2.40. The van der Waals surface area contributed by atoms with Gasteiger partial charge in [-0.25, -0.2) is 4.79 Å². The van der Waals surface area contributed by atoms with E-state index in [0.717, 1.165) is 34.9 Å². The number of rotatable bonds is 4. The molecule has 0 aliphatic heterocycles. The molecule has 1 aliphatic rings. The van der Waals surface area contributed by atoms with E-state index in [9.17, 15) is 9.59 Å². The van der Waals surface area contributed by atoms with Crippen molar-refractivity contribution in [1.82, 2.24) is 5.32 Å². The monoisotopic (exact) mass is 492 g/mol. The molecular formula is C22H21ClN2O3S3. The molecular weight excluding hydrogens is 472 g/mol. The van der Waals surface area contributed by atoms with Gasteiger partial charge >= 0.3 is 5.97 Å². The largest absolute Gasteiger partial charge is 0.462 e. The molecule has 3 aromatic rings. The summed E-state index contributed by atoms with van der Waals surface area (Å²) >= 11 is 14.6. The number of amides is 1. The predicted molar refractivity (Wildman–Crippen MR) is 132 cm³/mol. The molecule has 0 saturated heterocycles. The number of esters is 1. The summed E-state index contributed by atoms with van der Waals surface area (Å²) in [5, 5.41) is 7.73. The van der Waals surface area contributed by atoms with Crippen molar-refractivity contribution in [2.45, 2.75) is 33.1 Å². The zero-order chi connectivity index (χ0) is 22.1. The molecule has 4 rings (SSSR count). The Morgan fingerprint density at radius 3 is 2.81 bits per heavy atom. The number of carbonyl (C=O) groups excluding carboxylic acids is 2. The molecule has 5 nitrogen and oxygen atoms in total. The highest BCUT2D eigenvalue weighted by Gasteiger charge is 2.29. The summed E-state index contributed by atoms with van der Waals surface area (Å²) in [5.74, 6) is -0.175. The molecule has 0 spiro atoms. The fourth-order valence-electron chi connectivity index (χ4n) is 3.71. The third kappa shape index (κ3) is 4.48. The molecule has 1 aliphatic carbocycles. The van der Waals surface area contributed by atoms with Gasteiger partial charge in [-0.3, -0.25) is 10.1 Å². The Hall–Kier alpha value is -2.00. The van der Waals surface area contributed by atoms with Crippen LogP contribution in [-0.4, -0.2) is 23.6 Å². The van der Waals surface area contributed by atoms with Crippen LogP contribution in [-0.2, 0) is 17.6 Å². The quantitative estimate of drug-likeness (QED) is 0.343. The predicted octanol–water partition coefficient (Wildman–Crippen LogP) is 6.04. The van der Waals surface area contributed by atoms with Crippen LogP contribution in [0.2, 0.25) is 5.02 Å². The van der Waals surface area contributed by atoms with Gasteiger partial charge in [-0.2, -0.15) is 0 Å². The third-order valence-corrected chi connectivity index (χ3v) is 8.23. The van der Waals surface area contributed by atoms with Gasteiger partial charge < -0.3 is 10.1 Å². The summed E-state index contributed by atoms with van der Waals surface area (Å²) < 4.78 is 6.21. The molecule has 9 heteroatoms. The van der Waals surface area contributed by atoms with Crippen LogP contribution in [0, 0.1) is 5.92 Å². The minimum atomic E-state index is -0.378. The number of benzene rings is 1. The summed E-state index contributed by atoms with van der Waals surface area (Å²) in [4.78, 5) is 27.0. The van der Waals surface area contributed by atoms with Crippen molar-refractivity contribution in [3.8, 4) is 0 Å². The van der Waals surface area contributed by atoms with E-state index in [1.807, 2.05) is 24.3 Å². The number of carbonyl (C=O) groups is 2. The maximum absolute atomic E-state index is 12.8. The molecule has 0 fully saturated rings. The second-order valence-electron chi connectivity index (χ2n) is 7.43. The van der Waals surface area contributed by atoms with Crippen LogP contribution in [0.15, 0.2) is 24.3 Å². The molecule has 0 unspecified atom stereocenters. The number of anilines is 1. The van der Waals surface area contributed by atoms with Crippen LogP contribution in [0.4, 0.5) is 5.00 Å². The highest BCUT2D eigenvalue weighted by molar-refractivity contribution is 7.80. The van der Waals surface area contributed by atoms with E-state index in [-0.39, 0.29) is 17.0 Å². The first kappa shape index (κ1) is 22.2. The van der Waals surface area contributed by atoms with Gasteiger partial charge in [-0.15, -0.1) is 22.7 Å². The second-order valence-corrected chi connectivity index (χ2v) is 10.4. The Kier molecular flexibility index (Phi) is 6.62. The summed E-state index contributed by atoms with van der Waals surface area (Å²) in [7, 11) is 0. The van der Waals surface area contributed by atoms with Gasteiger partial charge in [0.15, 0.2) is 5.11 Å². The first-order valence-corrected chi connectivity index (χ1v) is 12.4. The van der Waals surface area contributed by atoms with E-state index >= 15 is 0 Å². The van der Waals surface area contributed by atoms with Crippen molar-refractivity contribution >= 4 is 78.6 Å². The number of ether oxygens (including phenoxy) is 1. The Morgan fingerprint density at radius 2 is 2.06 bits per heavy atom. The first-order valence-electron chi connectivity index (χ1n) is 10.00. The van der Waals surface area contributed by atoms with Crippen LogP contribution < -0.4 is 10.6 Å². The molecule has 2 aromatic heterocycles. The zero-order valence-electron chi connectivity index (χ0n) is 17.0. The van der Waals surface area contributed by atoms with E-state index < -0.39 is 0 Å². The molecule has 0 radical (unpaired) electrons. The molecule has 1 amide bonds. The average molecular weight is 493 g/mol. The average Bonchev–Trinajstić information content (AvgIpc) is 3.25. The topological polar surface area (TPSA) is 67.4 Å². The van der Waals surface area contributed by atoms with Crippen LogP contribution in [0.5, 0.6) is 0 Å². The van der Waals surface area contributed by atoms with Crippen molar-refractivity contribution in [3.05, 3.63) is 50.2 Å². The van der Waals surface area contributed by atoms with E-state index in [1.54, 1.807) is 6.92 Å².